The Morgan fingerprint density at radius 1 is 0.929 bits per heavy atom. The van der Waals surface area contributed by atoms with Crippen molar-refractivity contribution in [2.24, 2.45) is 0 Å². The summed E-state index contributed by atoms with van der Waals surface area (Å²) in [6.45, 7) is 4.60. The number of hydrogen-bond donors (Lipinski definition) is 0. The maximum atomic E-state index is 13.2. The lowest BCUT2D eigenvalue weighted by Gasteiger charge is -2.36. The number of aldehydes is 1. The van der Waals surface area contributed by atoms with E-state index in [9.17, 15) is 9.18 Å². The summed E-state index contributed by atoms with van der Waals surface area (Å²) in [5, 5.41) is 0. The Morgan fingerprint density at radius 3 is 2.32 bits per heavy atom. The van der Waals surface area contributed by atoms with Crippen molar-refractivity contribution in [2.75, 3.05) is 31.1 Å². The summed E-state index contributed by atoms with van der Waals surface area (Å²) in [6.07, 6.45) is 2.65. The van der Waals surface area contributed by atoms with Gasteiger partial charge < -0.3 is 4.90 Å². The third-order valence-corrected chi connectivity index (χ3v) is 5.17. The molecule has 2 aromatic carbocycles. The summed E-state index contributed by atoms with van der Waals surface area (Å²) in [4.78, 5) is 20.1. The van der Waals surface area contributed by atoms with Crippen molar-refractivity contribution >= 4 is 12.0 Å². The SMILES string of the molecule is O=Cc1ccc(N2CCN(Cc3cccnc3-c3ccc(F)cc3)CC2)cc1. The zero-order chi connectivity index (χ0) is 19.3. The quantitative estimate of drug-likeness (QED) is 0.631. The van der Waals surface area contributed by atoms with Crippen LogP contribution in [0, 0.1) is 5.82 Å². The van der Waals surface area contributed by atoms with Gasteiger partial charge in [0.15, 0.2) is 0 Å². The van der Waals surface area contributed by atoms with Crippen LogP contribution in [0.1, 0.15) is 15.9 Å². The molecule has 1 aromatic heterocycles. The van der Waals surface area contributed by atoms with Crippen molar-refractivity contribution in [3.8, 4) is 11.3 Å². The minimum absolute atomic E-state index is 0.237. The summed E-state index contributed by atoms with van der Waals surface area (Å²) in [5.74, 6) is -0.237. The van der Waals surface area contributed by atoms with Crippen LogP contribution >= 0.6 is 0 Å². The molecule has 0 saturated carbocycles. The van der Waals surface area contributed by atoms with Crippen LogP contribution in [0.25, 0.3) is 11.3 Å². The topological polar surface area (TPSA) is 36.4 Å². The van der Waals surface area contributed by atoms with Gasteiger partial charge in [0, 0.05) is 55.7 Å². The Kier molecular flexibility index (Phi) is 5.44. The molecule has 5 heteroatoms. The maximum absolute atomic E-state index is 13.2. The molecule has 1 aliphatic heterocycles. The number of hydrogen-bond acceptors (Lipinski definition) is 4. The lowest BCUT2D eigenvalue weighted by molar-refractivity contribution is 0.112. The third-order valence-electron chi connectivity index (χ3n) is 5.17. The number of pyridine rings is 1. The van der Waals surface area contributed by atoms with Gasteiger partial charge in [-0.05, 0) is 60.2 Å². The predicted octanol–water partition coefficient (Wildman–Crippen LogP) is 4.02. The van der Waals surface area contributed by atoms with Crippen molar-refractivity contribution < 1.29 is 9.18 Å². The van der Waals surface area contributed by atoms with E-state index in [0.717, 1.165) is 61.5 Å². The van der Waals surface area contributed by atoms with Gasteiger partial charge in [0.1, 0.15) is 12.1 Å². The zero-order valence-electron chi connectivity index (χ0n) is 15.6. The number of halogens is 1. The number of benzene rings is 2. The van der Waals surface area contributed by atoms with Crippen LogP contribution in [0.2, 0.25) is 0 Å². The van der Waals surface area contributed by atoms with Crippen LogP contribution in [0.5, 0.6) is 0 Å². The highest BCUT2D eigenvalue weighted by Gasteiger charge is 2.19. The lowest BCUT2D eigenvalue weighted by Crippen LogP contribution is -2.46. The average molecular weight is 375 g/mol. The molecular weight excluding hydrogens is 353 g/mol. The molecule has 1 saturated heterocycles. The highest BCUT2D eigenvalue weighted by atomic mass is 19.1. The molecule has 0 amide bonds. The first kappa shape index (κ1) is 18.3. The highest BCUT2D eigenvalue weighted by molar-refractivity contribution is 5.75. The van der Waals surface area contributed by atoms with Gasteiger partial charge in [0.05, 0.1) is 5.69 Å². The second kappa shape index (κ2) is 8.31. The number of carbonyl (C=O) groups excluding carboxylic acids is 1. The summed E-state index contributed by atoms with van der Waals surface area (Å²) < 4.78 is 13.2. The summed E-state index contributed by atoms with van der Waals surface area (Å²) >= 11 is 0. The molecule has 28 heavy (non-hydrogen) atoms. The molecule has 2 heterocycles. The summed E-state index contributed by atoms with van der Waals surface area (Å²) in [7, 11) is 0. The van der Waals surface area contributed by atoms with E-state index >= 15 is 0 Å². The van der Waals surface area contributed by atoms with E-state index in [2.05, 4.69) is 20.9 Å². The Hall–Kier alpha value is -3.05. The fourth-order valence-corrected chi connectivity index (χ4v) is 3.60. The van der Waals surface area contributed by atoms with E-state index < -0.39 is 0 Å². The third kappa shape index (κ3) is 4.10. The maximum Gasteiger partial charge on any atom is 0.150 e. The number of nitrogens with zero attached hydrogens (tertiary/aromatic N) is 3. The van der Waals surface area contributed by atoms with Crippen LogP contribution in [0.3, 0.4) is 0 Å². The zero-order valence-corrected chi connectivity index (χ0v) is 15.6. The monoisotopic (exact) mass is 375 g/mol. The molecule has 0 bridgehead atoms. The second-order valence-electron chi connectivity index (χ2n) is 6.99. The van der Waals surface area contributed by atoms with Crippen molar-refractivity contribution in [2.45, 2.75) is 6.54 Å². The van der Waals surface area contributed by atoms with Crippen molar-refractivity contribution in [1.82, 2.24) is 9.88 Å². The second-order valence-corrected chi connectivity index (χ2v) is 6.99. The first-order valence-electron chi connectivity index (χ1n) is 9.45. The molecule has 3 aromatic rings. The van der Waals surface area contributed by atoms with Gasteiger partial charge in [-0.15, -0.1) is 0 Å². The Balaban J connectivity index is 1.42. The van der Waals surface area contributed by atoms with E-state index in [-0.39, 0.29) is 5.82 Å². The van der Waals surface area contributed by atoms with Gasteiger partial charge in [-0.3, -0.25) is 14.7 Å². The molecule has 0 unspecified atom stereocenters. The number of anilines is 1. The van der Waals surface area contributed by atoms with E-state index in [1.807, 2.05) is 30.3 Å². The van der Waals surface area contributed by atoms with E-state index in [0.29, 0.717) is 5.56 Å². The first-order valence-corrected chi connectivity index (χ1v) is 9.45. The average Bonchev–Trinajstić information content (AvgIpc) is 2.75. The van der Waals surface area contributed by atoms with E-state index in [1.54, 1.807) is 18.3 Å². The summed E-state index contributed by atoms with van der Waals surface area (Å²) in [5.41, 5.74) is 4.85. The molecule has 0 atom stereocenters. The minimum atomic E-state index is -0.237. The van der Waals surface area contributed by atoms with Crippen LogP contribution in [-0.2, 0) is 6.54 Å². The van der Waals surface area contributed by atoms with E-state index in [1.165, 1.54) is 12.1 Å². The van der Waals surface area contributed by atoms with Gasteiger partial charge in [-0.2, -0.15) is 0 Å². The van der Waals surface area contributed by atoms with Gasteiger partial charge in [-0.1, -0.05) is 6.07 Å². The predicted molar refractivity (Wildman–Crippen MR) is 109 cm³/mol. The van der Waals surface area contributed by atoms with E-state index in [4.69, 9.17) is 0 Å². The Labute approximate surface area is 164 Å². The molecule has 0 N–H and O–H groups in total. The number of carbonyl (C=O) groups is 1. The Bertz CT molecular complexity index is 933. The molecule has 0 radical (unpaired) electrons. The van der Waals surface area contributed by atoms with Gasteiger partial charge in [0.2, 0.25) is 0 Å². The van der Waals surface area contributed by atoms with Crippen LogP contribution < -0.4 is 4.90 Å². The number of piperazine rings is 1. The van der Waals surface area contributed by atoms with Crippen molar-refractivity contribution in [3.05, 3.63) is 83.8 Å². The summed E-state index contributed by atoms with van der Waals surface area (Å²) in [6, 6.07) is 18.3. The largest absolute Gasteiger partial charge is 0.369 e. The van der Waals surface area contributed by atoms with Crippen LogP contribution in [0.15, 0.2) is 66.9 Å². The lowest BCUT2D eigenvalue weighted by atomic mass is 10.0. The standard InChI is InChI=1S/C23H22FN3O/c24-21-7-5-19(6-8-21)23-20(2-1-11-25-23)16-26-12-14-27(15-13-26)22-9-3-18(17-28)4-10-22/h1-11,17H,12-16H2. The van der Waals surface area contributed by atoms with Gasteiger partial charge >= 0.3 is 0 Å². The molecule has 0 aliphatic carbocycles. The Morgan fingerprint density at radius 2 is 1.64 bits per heavy atom. The molecule has 4 nitrogen and oxygen atoms in total. The normalized spacial score (nSPS) is 14.8. The molecule has 0 spiro atoms. The molecule has 1 fully saturated rings. The molecule has 142 valence electrons. The molecule has 1 aliphatic rings. The van der Waals surface area contributed by atoms with Crippen molar-refractivity contribution in [3.63, 3.8) is 0 Å². The smallest absolute Gasteiger partial charge is 0.150 e. The number of rotatable bonds is 5. The highest BCUT2D eigenvalue weighted by Crippen LogP contribution is 2.24. The van der Waals surface area contributed by atoms with Gasteiger partial charge in [-0.25, -0.2) is 4.39 Å². The fraction of sp³-hybridized carbons (Fsp3) is 0.217. The fourth-order valence-electron chi connectivity index (χ4n) is 3.60. The van der Waals surface area contributed by atoms with Crippen LogP contribution in [0.4, 0.5) is 10.1 Å². The molecule has 4 rings (SSSR count). The number of aromatic nitrogens is 1. The first-order chi connectivity index (χ1) is 13.7. The minimum Gasteiger partial charge on any atom is -0.369 e. The van der Waals surface area contributed by atoms with Crippen LogP contribution in [-0.4, -0.2) is 42.3 Å². The molecular formula is C23H22FN3O. The van der Waals surface area contributed by atoms with Gasteiger partial charge in [0.25, 0.3) is 0 Å². The van der Waals surface area contributed by atoms with Crippen molar-refractivity contribution in [1.29, 1.82) is 0 Å².